The first-order chi connectivity index (χ1) is 9.02. The molecule has 0 spiro atoms. The predicted molar refractivity (Wildman–Crippen MR) is 83.8 cm³/mol. The molecule has 0 aliphatic carbocycles. The smallest absolute Gasteiger partial charge is 0.176 e. The highest BCUT2D eigenvalue weighted by Crippen LogP contribution is 2.11. The Bertz CT molecular complexity index is 390. The number of ketones is 1. The Morgan fingerprint density at radius 2 is 1.74 bits per heavy atom. The number of likely N-dealkylation sites (N-methyl/N-ethyl adjacent to an activating group) is 1. The molecule has 1 aromatic rings. The van der Waals surface area contributed by atoms with Gasteiger partial charge in [-0.25, -0.2) is 0 Å². The van der Waals surface area contributed by atoms with Gasteiger partial charge in [0.05, 0.1) is 6.54 Å². The van der Waals surface area contributed by atoms with Gasteiger partial charge in [-0.3, -0.25) is 9.69 Å². The van der Waals surface area contributed by atoms with E-state index < -0.39 is 0 Å². The van der Waals surface area contributed by atoms with Gasteiger partial charge in [0, 0.05) is 23.1 Å². The SMILES string of the molecule is CCCN(CCN(C)C)CC(=O)c1ccc(Br)cc1. The summed E-state index contributed by atoms with van der Waals surface area (Å²) in [5, 5.41) is 0. The van der Waals surface area contributed by atoms with Gasteiger partial charge < -0.3 is 4.90 Å². The maximum Gasteiger partial charge on any atom is 0.176 e. The molecule has 0 heterocycles. The summed E-state index contributed by atoms with van der Waals surface area (Å²) >= 11 is 3.38. The second-order valence-corrected chi connectivity index (χ2v) is 5.93. The zero-order valence-corrected chi connectivity index (χ0v) is 13.6. The van der Waals surface area contributed by atoms with E-state index in [0.29, 0.717) is 6.54 Å². The number of carbonyl (C=O) groups excluding carboxylic acids is 1. The third-order valence-corrected chi connectivity index (χ3v) is 3.47. The normalized spacial score (nSPS) is 11.3. The van der Waals surface area contributed by atoms with Crippen molar-refractivity contribution in [2.75, 3.05) is 40.3 Å². The number of halogens is 1. The predicted octanol–water partition coefficient (Wildman–Crippen LogP) is 2.91. The molecule has 106 valence electrons. The van der Waals surface area contributed by atoms with Gasteiger partial charge in [0.2, 0.25) is 0 Å². The summed E-state index contributed by atoms with van der Waals surface area (Å²) in [6.07, 6.45) is 1.07. The van der Waals surface area contributed by atoms with E-state index in [4.69, 9.17) is 0 Å². The minimum Gasteiger partial charge on any atom is -0.308 e. The lowest BCUT2D eigenvalue weighted by Crippen LogP contribution is -2.36. The van der Waals surface area contributed by atoms with Crippen LogP contribution in [0.4, 0.5) is 0 Å². The third-order valence-electron chi connectivity index (χ3n) is 2.94. The van der Waals surface area contributed by atoms with Crippen LogP contribution in [-0.2, 0) is 0 Å². The molecule has 1 rings (SSSR count). The van der Waals surface area contributed by atoms with Crippen molar-refractivity contribution in [3.63, 3.8) is 0 Å². The second-order valence-electron chi connectivity index (χ2n) is 5.01. The van der Waals surface area contributed by atoms with Gasteiger partial charge in [0.1, 0.15) is 0 Å². The molecule has 0 atom stereocenters. The molecule has 0 radical (unpaired) electrons. The molecule has 0 aromatic heterocycles. The molecule has 0 aliphatic heterocycles. The maximum atomic E-state index is 12.2. The average molecular weight is 327 g/mol. The standard InChI is InChI=1S/C15H23BrN2O/c1-4-9-18(11-10-17(2)3)12-15(19)13-5-7-14(16)8-6-13/h5-8H,4,9-12H2,1-3H3. The molecule has 0 saturated heterocycles. The summed E-state index contributed by atoms with van der Waals surface area (Å²) in [5.74, 6) is 0.194. The minimum absolute atomic E-state index is 0.194. The number of benzene rings is 1. The van der Waals surface area contributed by atoms with Crippen LogP contribution < -0.4 is 0 Å². The molecule has 4 heteroatoms. The van der Waals surface area contributed by atoms with Crippen LogP contribution in [0.1, 0.15) is 23.7 Å². The highest BCUT2D eigenvalue weighted by atomic mass is 79.9. The van der Waals surface area contributed by atoms with Crippen molar-refractivity contribution in [3.05, 3.63) is 34.3 Å². The fraction of sp³-hybridized carbons (Fsp3) is 0.533. The first-order valence-electron chi connectivity index (χ1n) is 6.68. The van der Waals surface area contributed by atoms with E-state index in [1.165, 1.54) is 0 Å². The Kier molecular flexibility index (Phi) is 7.28. The van der Waals surface area contributed by atoms with Crippen LogP contribution in [0.2, 0.25) is 0 Å². The molecule has 0 N–H and O–H groups in total. The molecular formula is C15H23BrN2O. The Hall–Kier alpha value is -0.710. The topological polar surface area (TPSA) is 23.6 Å². The van der Waals surface area contributed by atoms with Crippen LogP contribution in [0, 0.1) is 0 Å². The second kappa shape index (κ2) is 8.46. The Morgan fingerprint density at radius 3 is 2.26 bits per heavy atom. The van der Waals surface area contributed by atoms with Gasteiger partial charge in [0.15, 0.2) is 5.78 Å². The van der Waals surface area contributed by atoms with E-state index >= 15 is 0 Å². The van der Waals surface area contributed by atoms with Gasteiger partial charge in [-0.05, 0) is 39.2 Å². The summed E-state index contributed by atoms with van der Waals surface area (Å²) in [6.45, 7) is 5.53. The quantitative estimate of drug-likeness (QED) is 0.686. The van der Waals surface area contributed by atoms with E-state index in [9.17, 15) is 4.79 Å². The molecule has 0 saturated carbocycles. The fourth-order valence-electron chi connectivity index (χ4n) is 1.86. The van der Waals surface area contributed by atoms with Crippen molar-refractivity contribution in [1.82, 2.24) is 9.80 Å². The van der Waals surface area contributed by atoms with Crippen LogP contribution >= 0.6 is 15.9 Å². The molecule has 0 bridgehead atoms. The van der Waals surface area contributed by atoms with Crippen molar-refractivity contribution in [3.8, 4) is 0 Å². The van der Waals surface area contributed by atoms with Gasteiger partial charge in [-0.1, -0.05) is 35.0 Å². The number of rotatable bonds is 8. The van der Waals surface area contributed by atoms with Gasteiger partial charge in [0.25, 0.3) is 0 Å². The Labute approximate surface area is 124 Å². The monoisotopic (exact) mass is 326 g/mol. The van der Waals surface area contributed by atoms with Crippen LogP contribution in [0.5, 0.6) is 0 Å². The van der Waals surface area contributed by atoms with Gasteiger partial charge in [-0.15, -0.1) is 0 Å². The average Bonchev–Trinajstić information content (AvgIpc) is 2.37. The van der Waals surface area contributed by atoms with E-state index in [-0.39, 0.29) is 5.78 Å². The maximum absolute atomic E-state index is 12.2. The fourth-order valence-corrected chi connectivity index (χ4v) is 2.12. The number of carbonyl (C=O) groups is 1. The summed E-state index contributed by atoms with van der Waals surface area (Å²) in [5.41, 5.74) is 0.786. The van der Waals surface area contributed by atoms with Crippen LogP contribution in [0.25, 0.3) is 0 Å². The lowest BCUT2D eigenvalue weighted by Gasteiger charge is -2.22. The largest absolute Gasteiger partial charge is 0.308 e. The summed E-state index contributed by atoms with van der Waals surface area (Å²) in [6, 6.07) is 7.58. The van der Waals surface area contributed by atoms with E-state index in [0.717, 1.165) is 36.1 Å². The molecule has 1 aromatic carbocycles. The zero-order chi connectivity index (χ0) is 14.3. The first kappa shape index (κ1) is 16.3. The van der Waals surface area contributed by atoms with E-state index in [2.05, 4.69) is 46.7 Å². The number of hydrogen-bond acceptors (Lipinski definition) is 3. The van der Waals surface area contributed by atoms with Gasteiger partial charge >= 0.3 is 0 Å². The first-order valence-corrected chi connectivity index (χ1v) is 7.48. The molecule has 19 heavy (non-hydrogen) atoms. The minimum atomic E-state index is 0.194. The molecular weight excluding hydrogens is 304 g/mol. The number of Topliss-reactive ketones (excluding diaryl/α,β-unsaturated/α-hetero) is 1. The van der Waals surface area contributed by atoms with Crippen molar-refractivity contribution in [2.24, 2.45) is 0 Å². The lowest BCUT2D eigenvalue weighted by atomic mass is 10.1. The third kappa shape index (κ3) is 6.32. The van der Waals surface area contributed by atoms with Gasteiger partial charge in [-0.2, -0.15) is 0 Å². The zero-order valence-electron chi connectivity index (χ0n) is 12.0. The van der Waals surface area contributed by atoms with E-state index in [1.807, 2.05) is 24.3 Å². The highest BCUT2D eigenvalue weighted by Gasteiger charge is 2.12. The summed E-state index contributed by atoms with van der Waals surface area (Å²) in [4.78, 5) is 16.6. The van der Waals surface area contributed by atoms with Crippen molar-refractivity contribution < 1.29 is 4.79 Å². The van der Waals surface area contributed by atoms with Crippen LogP contribution in [0.15, 0.2) is 28.7 Å². The number of hydrogen-bond donors (Lipinski definition) is 0. The van der Waals surface area contributed by atoms with E-state index in [1.54, 1.807) is 0 Å². The van der Waals surface area contributed by atoms with Crippen molar-refractivity contribution >= 4 is 21.7 Å². The molecule has 0 fully saturated rings. The molecule has 0 aliphatic rings. The summed E-state index contributed by atoms with van der Waals surface area (Å²) in [7, 11) is 4.11. The molecule has 3 nitrogen and oxygen atoms in total. The lowest BCUT2D eigenvalue weighted by molar-refractivity contribution is 0.0925. The Morgan fingerprint density at radius 1 is 1.11 bits per heavy atom. The molecule has 0 amide bonds. The van der Waals surface area contributed by atoms with Crippen molar-refractivity contribution in [2.45, 2.75) is 13.3 Å². The van der Waals surface area contributed by atoms with Crippen LogP contribution in [0.3, 0.4) is 0 Å². The van der Waals surface area contributed by atoms with Crippen LogP contribution in [-0.4, -0.2) is 55.9 Å². The highest BCUT2D eigenvalue weighted by molar-refractivity contribution is 9.10. The van der Waals surface area contributed by atoms with Crippen molar-refractivity contribution in [1.29, 1.82) is 0 Å². The molecule has 0 unspecified atom stereocenters. The number of nitrogens with zero attached hydrogens (tertiary/aromatic N) is 2. The summed E-state index contributed by atoms with van der Waals surface area (Å²) < 4.78 is 1.00. The Balaban J connectivity index is 2.57.